The van der Waals surface area contributed by atoms with Crippen LogP contribution in [-0.2, 0) is 16.6 Å². The highest BCUT2D eigenvalue weighted by atomic mass is 79.9. The van der Waals surface area contributed by atoms with Crippen LogP contribution in [0, 0.1) is 0 Å². The van der Waals surface area contributed by atoms with Crippen molar-refractivity contribution in [2.75, 3.05) is 0 Å². The molecule has 1 N–H and O–H groups in total. The molecule has 2 atom stereocenters. The summed E-state index contributed by atoms with van der Waals surface area (Å²) in [7, 11) is 0. The number of halogens is 1. The summed E-state index contributed by atoms with van der Waals surface area (Å²) in [5.74, 6) is 0.197. The van der Waals surface area contributed by atoms with E-state index in [1.165, 1.54) is 11.1 Å². The van der Waals surface area contributed by atoms with Crippen molar-refractivity contribution in [3.05, 3.63) is 33.8 Å². The molecular formula is C13H14BrNO. The monoisotopic (exact) mass is 279 g/mol. The Morgan fingerprint density at radius 1 is 1.50 bits per heavy atom. The van der Waals surface area contributed by atoms with Gasteiger partial charge in [-0.2, -0.15) is 0 Å². The first-order valence-corrected chi connectivity index (χ1v) is 6.49. The first-order valence-electron chi connectivity index (χ1n) is 5.70. The Bertz CT molecular complexity index is 471. The van der Waals surface area contributed by atoms with E-state index in [1.54, 1.807) is 0 Å². The normalized spacial score (nSPS) is 31.9. The zero-order valence-electron chi connectivity index (χ0n) is 9.22. The highest BCUT2D eigenvalue weighted by molar-refractivity contribution is 9.10. The van der Waals surface area contributed by atoms with Gasteiger partial charge in [0.25, 0.3) is 0 Å². The van der Waals surface area contributed by atoms with Crippen LogP contribution in [0.15, 0.2) is 22.7 Å². The standard InChI is InChI=1S/C13H14BrNO/c1-8-13(7-12(16)15-8)5-4-9-6-10(14)2-3-11(9)13/h2-3,6,8H,4-5,7H2,1H3,(H,15,16). The summed E-state index contributed by atoms with van der Waals surface area (Å²) in [4.78, 5) is 11.6. The predicted molar refractivity (Wildman–Crippen MR) is 66.4 cm³/mol. The maximum atomic E-state index is 11.6. The van der Waals surface area contributed by atoms with E-state index in [1.807, 2.05) is 0 Å². The third-order valence-electron chi connectivity index (χ3n) is 4.13. The van der Waals surface area contributed by atoms with Gasteiger partial charge in [-0.05, 0) is 43.0 Å². The van der Waals surface area contributed by atoms with Gasteiger partial charge in [0, 0.05) is 22.4 Å². The van der Waals surface area contributed by atoms with Gasteiger partial charge in [0.2, 0.25) is 5.91 Å². The highest BCUT2D eigenvalue weighted by Gasteiger charge is 2.49. The number of carbonyl (C=O) groups excluding carboxylic acids is 1. The lowest BCUT2D eigenvalue weighted by molar-refractivity contribution is -0.119. The van der Waals surface area contributed by atoms with Crippen molar-refractivity contribution in [1.82, 2.24) is 5.32 Å². The van der Waals surface area contributed by atoms with Gasteiger partial charge < -0.3 is 5.32 Å². The van der Waals surface area contributed by atoms with Crippen molar-refractivity contribution in [1.29, 1.82) is 0 Å². The van der Waals surface area contributed by atoms with Crippen LogP contribution in [-0.4, -0.2) is 11.9 Å². The molecule has 1 amide bonds. The lowest BCUT2D eigenvalue weighted by Gasteiger charge is -2.28. The zero-order valence-corrected chi connectivity index (χ0v) is 10.8. The molecule has 2 aliphatic rings. The Balaban J connectivity index is 2.12. The Hall–Kier alpha value is -0.830. The lowest BCUT2D eigenvalue weighted by Crippen LogP contribution is -2.36. The largest absolute Gasteiger partial charge is 0.353 e. The fourth-order valence-electron chi connectivity index (χ4n) is 3.25. The van der Waals surface area contributed by atoms with Gasteiger partial charge in [-0.1, -0.05) is 22.0 Å². The highest BCUT2D eigenvalue weighted by Crippen LogP contribution is 2.47. The maximum absolute atomic E-state index is 11.6. The number of hydrogen-bond acceptors (Lipinski definition) is 1. The molecule has 1 spiro atoms. The molecule has 1 aliphatic carbocycles. The molecule has 16 heavy (non-hydrogen) atoms. The molecule has 2 nitrogen and oxygen atoms in total. The van der Waals surface area contributed by atoms with Crippen molar-refractivity contribution < 1.29 is 4.79 Å². The second-order valence-corrected chi connectivity index (χ2v) is 5.84. The van der Waals surface area contributed by atoms with E-state index < -0.39 is 0 Å². The van der Waals surface area contributed by atoms with Gasteiger partial charge in [0.1, 0.15) is 0 Å². The Morgan fingerprint density at radius 2 is 2.31 bits per heavy atom. The van der Waals surface area contributed by atoms with Crippen LogP contribution in [0.3, 0.4) is 0 Å². The SMILES string of the molecule is CC1NC(=O)CC12CCc1cc(Br)ccc12. The van der Waals surface area contributed by atoms with Crippen LogP contribution in [0.1, 0.15) is 30.9 Å². The fourth-order valence-corrected chi connectivity index (χ4v) is 3.66. The van der Waals surface area contributed by atoms with E-state index in [0.29, 0.717) is 6.42 Å². The third kappa shape index (κ3) is 1.27. The molecule has 1 aromatic carbocycles. The molecule has 1 aliphatic heterocycles. The molecule has 0 bridgehead atoms. The molecular weight excluding hydrogens is 266 g/mol. The number of fused-ring (bicyclic) bond motifs is 2. The second kappa shape index (κ2) is 3.33. The van der Waals surface area contributed by atoms with E-state index in [0.717, 1.165) is 17.3 Å². The summed E-state index contributed by atoms with van der Waals surface area (Å²) in [5.41, 5.74) is 2.84. The van der Waals surface area contributed by atoms with Crippen molar-refractivity contribution in [2.24, 2.45) is 0 Å². The summed E-state index contributed by atoms with van der Waals surface area (Å²) < 4.78 is 1.13. The summed E-state index contributed by atoms with van der Waals surface area (Å²) in [6.07, 6.45) is 2.84. The number of amides is 1. The van der Waals surface area contributed by atoms with Gasteiger partial charge in [-0.15, -0.1) is 0 Å². The second-order valence-electron chi connectivity index (χ2n) is 4.92. The van der Waals surface area contributed by atoms with Crippen molar-refractivity contribution in [3.8, 4) is 0 Å². The van der Waals surface area contributed by atoms with Crippen LogP contribution in [0.25, 0.3) is 0 Å². The molecule has 1 fully saturated rings. The zero-order chi connectivity index (χ0) is 11.3. The van der Waals surface area contributed by atoms with Gasteiger partial charge in [0.15, 0.2) is 0 Å². The van der Waals surface area contributed by atoms with Gasteiger partial charge in [-0.3, -0.25) is 4.79 Å². The smallest absolute Gasteiger partial charge is 0.221 e. The van der Waals surface area contributed by atoms with E-state index in [-0.39, 0.29) is 17.4 Å². The van der Waals surface area contributed by atoms with E-state index >= 15 is 0 Å². The molecule has 3 rings (SSSR count). The van der Waals surface area contributed by atoms with Crippen molar-refractivity contribution in [2.45, 2.75) is 37.6 Å². The molecule has 2 unspecified atom stereocenters. The van der Waals surface area contributed by atoms with Crippen LogP contribution in [0.5, 0.6) is 0 Å². The third-order valence-corrected chi connectivity index (χ3v) is 4.62. The van der Waals surface area contributed by atoms with Crippen molar-refractivity contribution in [3.63, 3.8) is 0 Å². The average Bonchev–Trinajstić information content (AvgIpc) is 2.70. The van der Waals surface area contributed by atoms with Gasteiger partial charge in [-0.25, -0.2) is 0 Å². The lowest BCUT2D eigenvalue weighted by atomic mass is 9.76. The van der Waals surface area contributed by atoms with Crippen LogP contribution >= 0.6 is 15.9 Å². The Labute approximate surface area is 104 Å². The number of aryl methyl sites for hydroxylation is 1. The topological polar surface area (TPSA) is 29.1 Å². The minimum atomic E-state index is 0.0626. The summed E-state index contributed by atoms with van der Waals surface area (Å²) in [5, 5.41) is 3.05. The molecule has 1 aromatic rings. The first-order chi connectivity index (χ1) is 7.62. The van der Waals surface area contributed by atoms with Gasteiger partial charge >= 0.3 is 0 Å². The van der Waals surface area contributed by atoms with Crippen LogP contribution < -0.4 is 5.32 Å². The number of benzene rings is 1. The number of hydrogen-bond donors (Lipinski definition) is 1. The molecule has 1 heterocycles. The molecule has 0 radical (unpaired) electrons. The number of rotatable bonds is 0. The number of nitrogens with one attached hydrogen (secondary N) is 1. The average molecular weight is 280 g/mol. The van der Waals surface area contributed by atoms with Gasteiger partial charge in [0.05, 0.1) is 0 Å². The molecule has 0 aromatic heterocycles. The predicted octanol–water partition coefficient (Wildman–Crippen LogP) is 2.54. The maximum Gasteiger partial charge on any atom is 0.221 e. The summed E-state index contributed by atoms with van der Waals surface area (Å²) in [6, 6.07) is 6.73. The minimum absolute atomic E-state index is 0.0626. The minimum Gasteiger partial charge on any atom is -0.353 e. The van der Waals surface area contributed by atoms with Crippen LogP contribution in [0.2, 0.25) is 0 Å². The number of carbonyl (C=O) groups is 1. The molecule has 84 valence electrons. The van der Waals surface area contributed by atoms with E-state index in [9.17, 15) is 4.79 Å². The molecule has 3 heteroatoms. The Kier molecular flexibility index (Phi) is 2.15. The van der Waals surface area contributed by atoms with Crippen LogP contribution in [0.4, 0.5) is 0 Å². The molecule has 1 saturated heterocycles. The first kappa shape index (κ1) is 10.3. The fraction of sp³-hybridized carbons (Fsp3) is 0.462. The van der Waals surface area contributed by atoms with Crippen molar-refractivity contribution >= 4 is 21.8 Å². The summed E-state index contributed by atoms with van der Waals surface area (Å²) >= 11 is 3.51. The summed E-state index contributed by atoms with van der Waals surface area (Å²) in [6.45, 7) is 2.13. The van der Waals surface area contributed by atoms with E-state index in [2.05, 4.69) is 46.4 Å². The van der Waals surface area contributed by atoms with E-state index in [4.69, 9.17) is 0 Å². The Morgan fingerprint density at radius 3 is 3.00 bits per heavy atom. The molecule has 0 saturated carbocycles. The quantitative estimate of drug-likeness (QED) is 0.777.